The van der Waals surface area contributed by atoms with Crippen molar-refractivity contribution in [1.29, 1.82) is 0 Å². The normalized spacial score (nSPS) is 25.7. The first kappa shape index (κ1) is 6.62. The van der Waals surface area contributed by atoms with Crippen LogP contribution in [0.25, 0.3) is 0 Å². The van der Waals surface area contributed by atoms with E-state index < -0.39 is 0 Å². The largest absolute Gasteiger partial charge is 0.497 e. The second-order valence-electron chi connectivity index (χ2n) is 2.26. The summed E-state index contributed by atoms with van der Waals surface area (Å²) in [6.45, 7) is 0.963. The molecule has 1 aliphatic heterocycles. The summed E-state index contributed by atoms with van der Waals surface area (Å²) in [4.78, 5) is 0. The second-order valence-corrected chi connectivity index (χ2v) is 2.26. The number of hydrogen-bond donors (Lipinski definition) is 1. The van der Waals surface area contributed by atoms with Crippen LogP contribution in [0.1, 0.15) is 12.8 Å². The molecular formula is C7H13NO. The van der Waals surface area contributed by atoms with Crippen LogP contribution < -0.4 is 5.32 Å². The minimum absolute atomic E-state index is 0.403. The zero-order valence-electron chi connectivity index (χ0n) is 5.76. The van der Waals surface area contributed by atoms with Gasteiger partial charge in [-0.25, -0.2) is 0 Å². The smallest absolute Gasteiger partial charge is 0.110 e. The molecule has 0 aliphatic carbocycles. The maximum atomic E-state index is 5.28. The minimum Gasteiger partial charge on any atom is -0.497 e. The van der Waals surface area contributed by atoms with Gasteiger partial charge in [0.05, 0.1) is 6.26 Å². The quantitative estimate of drug-likeness (QED) is 0.595. The Morgan fingerprint density at radius 2 is 2.67 bits per heavy atom. The molecular weight excluding hydrogens is 114 g/mol. The number of allylic oxidation sites excluding steroid dienone is 1. The summed E-state index contributed by atoms with van der Waals surface area (Å²) in [6, 6.07) is 0. The van der Waals surface area contributed by atoms with Crippen molar-refractivity contribution in [2.75, 3.05) is 13.6 Å². The fourth-order valence-corrected chi connectivity index (χ4v) is 0.963. The first-order chi connectivity index (χ1) is 4.43. The van der Waals surface area contributed by atoms with Crippen LogP contribution in [-0.2, 0) is 4.74 Å². The van der Waals surface area contributed by atoms with Crippen molar-refractivity contribution in [2.45, 2.75) is 18.9 Å². The predicted molar refractivity (Wildman–Crippen MR) is 37.2 cm³/mol. The van der Waals surface area contributed by atoms with E-state index in [9.17, 15) is 0 Å². The molecule has 0 fully saturated rings. The van der Waals surface area contributed by atoms with Crippen molar-refractivity contribution in [3.8, 4) is 0 Å². The van der Waals surface area contributed by atoms with E-state index in [-0.39, 0.29) is 0 Å². The zero-order chi connectivity index (χ0) is 6.53. The highest BCUT2D eigenvalue weighted by atomic mass is 16.5. The fraction of sp³-hybridized carbons (Fsp3) is 0.714. The van der Waals surface area contributed by atoms with Crippen LogP contribution in [-0.4, -0.2) is 19.7 Å². The van der Waals surface area contributed by atoms with Crippen LogP contribution in [0.5, 0.6) is 0 Å². The first-order valence-corrected chi connectivity index (χ1v) is 3.38. The highest BCUT2D eigenvalue weighted by Gasteiger charge is 2.07. The van der Waals surface area contributed by atoms with Crippen LogP contribution >= 0.6 is 0 Å². The van der Waals surface area contributed by atoms with Gasteiger partial charge in [0.2, 0.25) is 0 Å². The standard InChI is InChI=1S/C7H13NO/c1-8-6-7-4-2-3-5-9-7/h3,5,7-8H,2,4,6H2,1H3/t7-/m1/s1. The number of hydrogen-bond acceptors (Lipinski definition) is 2. The lowest BCUT2D eigenvalue weighted by Gasteiger charge is -2.18. The van der Waals surface area contributed by atoms with Gasteiger partial charge in [-0.3, -0.25) is 0 Å². The van der Waals surface area contributed by atoms with E-state index in [1.54, 1.807) is 6.26 Å². The lowest BCUT2D eigenvalue weighted by atomic mass is 10.1. The van der Waals surface area contributed by atoms with Gasteiger partial charge in [-0.2, -0.15) is 0 Å². The molecule has 0 aromatic carbocycles. The molecule has 2 heteroatoms. The fourth-order valence-electron chi connectivity index (χ4n) is 0.963. The van der Waals surface area contributed by atoms with Crippen molar-refractivity contribution in [3.63, 3.8) is 0 Å². The summed E-state index contributed by atoms with van der Waals surface area (Å²) in [6.07, 6.45) is 6.57. The number of likely N-dealkylation sites (N-methyl/N-ethyl adjacent to an activating group) is 1. The van der Waals surface area contributed by atoms with E-state index in [1.165, 1.54) is 0 Å². The molecule has 0 spiro atoms. The average Bonchev–Trinajstić information content (AvgIpc) is 1.91. The van der Waals surface area contributed by atoms with Gasteiger partial charge in [0.25, 0.3) is 0 Å². The highest BCUT2D eigenvalue weighted by Crippen LogP contribution is 2.08. The molecule has 52 valence electrons. The molecule has 0 bridgehead atoms. The molecule has 1 N–H and O–H groups in total. The van der Waals surface area contributed by atoms with Gasteiger partial charge in [-0.1, -0.05) is 0 Å². The summed E-state index contributed by atoms with van der Waals surface area (Å²) in [5.74, 6) is 0. The topological polar surface area (TPSA) is 21.3 Å². The second kappa shape index (κ2) is 3.51. The number of nitrogens with one attached hydrogen (secondary N) is 1. The van der Waals surface area contributed by atoms with Crippen molar-refractivity contribution in [2.24, 2.45) is 0 Å². The van der Waals surface area contributed by atoms with E-state index in [0.29, 0.717) is 6.10 Å². The van der Waals surface area contributed by atoms with Crippen LogP contribution in [0.15, 0.2) is 12.3 Å². The maximum Gasteiger partial charge on any atom is 0.110 e. The van der Waals surface area contributed by atoms with E-state index in [0.717, 1.165) is 19.4 Å². The molecule has 0 amide bonds. The SMILES string of the molecule is CNC[C@H]1CCC=CO1. The number of ether oxygens (including phenoxy) is 1. The van der Waals surface area contributed by atoms with Gasteiger partial charge in [0.1, 0.15) is 6.10 Å². The molecule has 1 rings (SSSR count). The summed E-state index contributed by atoms with van der Waals surface area (Å²) < 4.78 is 5.28. The number of rotatable bonds is 2. The van der Waals surface area contributed by atoms with Crippen LogP contribution in [0, 0.1) is 0 Å². The van der Waals surface area contributed by atoms with E-state index in [1.807, 2.05) is 7.05 Å². The molecule has 0 unspecified atom stereocenters. The van der Waals surface area contributed by atoms with Crippen molar-refractivity contribution < 1.29 is 4.74 Å². The van der Waals surface area contributed by atoms with Crippen LogP contribution in [0.3, 0.4) is 0 Å². The highest BCUT2D eigenvalue weighted by molar-refractivity contribution is 4.82. The van der Waals surface area contributed by atoms with Crippen molar-refractivity contribution in [1.82, 2.24) is 5.32 Å². The molecule has 0 saturated carbocycles. The Morgan fingerprint density at radius 1 is 1.78 bits per heavy atom. The Hall–Kier alpha value is -0.500. The molecule has 0 aromatic rings. The molecule has 1 aliphatic rings. The van der Waals surface area contributed by atoms with Crippen LogP contribution in [0.2, 0.25) is 0 Å². The third-order valence-electron chi connectivity index (χ3n) is 1.45. The van der Waals surface area contributed by atoms with E-state index >= 15 is 0 Å². The van der Waals surface area contributed by atoms with Gasteiger partial charge in [-0.15, -0.1) is 0 Å². The Bertz CT molecular complexity index is 101. The lowest BCUT2D eigenvalue weighted by Crippen LogP contribution is -2.26. The Balaban J connectivity index is 2.18. The Labute approximate surface area is 55.9 Å². The Morgan fingerprint density at radius 3 is 3.22 bits per heavy atom. The third-order valence-corrected chi connectivity index (χ3v) is 1.45. The molecule has 1 atom stereocenters. The minimum atomic E-state index is 0.403. The molecule has 9 heavy (non-hydrogen) atoms. The molecule has 0 saturated heterocycles. The van der Waals surface area contributed by atoms with E-state index in [4.69, 9.17) is 4.74 Å². The summed E-state index contributed by atoms with van der Waals surface area (Å²) in [7, 11) is 1.95. The van der Waals surface area contributed by atoms with Gasteiger partial charge in [0, 0.05) is 6.54 Å². The van der Waals surface area contributed by atoms with Gasteiger partial charge >= 0.3 is 0 Å². The predicted octanol–water partition coefficient (Wildman–Crippen LogP) is 0.898. The molecule has 2 nitrogen and oxygen atoms in total. The van der Waals surface area contributed by atoms with Gasteiger partial charge < -0.3 is 10.1 Å². The maximum absolute atomic E-state index is 5.28. The summed E-state index contributed by atoms with van der Waals surface area (Å²) >= 11 is 0. The van der Waals surface area contributed by atoms with Gasteiger partial charge in [0.15, 0.2) is 0 Å². The van der Waals surface area contributed by atoms with E-state index in [2.05, 4.69) is 11.4 Å². The van der Waals surface area contributed by atoms with Crippen molar-refractivity contribution >= 4 is 0 Å². The molecule has 0 aromatic heterocycles. The average molecular weight is 127 g/mol. The monoisotopic (exact) mass is 127 g/mol. The molecule has 1 heterocycles. The third kappa shape index (κ3) is 2.06. The zero-order valence-corrected chi connectivity index (χ0v) is 5.76. The van der Waals surface area contributed by atoms with Gasteiger partial charge in [-0.05, 0) is 26.0 Å². The molecule has 0 radical (unpaired) electrons. The first-order valence-electron chi connectivity index (χ1n) is 3.38. The summed E-state index contributed by atoms with van der Waals surface area (Å²) in [5, 5.41) is 3.08. The Kier molecular flexibility index (Phi) is 2.58. The van der Waals surface area contributed by atoms with Crippen molar-refractivity contribution in [3.05, 3.63) is 12.3 Å². The summed E-state index contributed by atoms with van der Waals surface area (Å²) in [5.41, 5.74) is 0. The lowest BCUT2D eigenvalue weighted by molar-refractivity contribution is 0.124. The van der Waals surface area contributed by atoms with Crippen LogP contribution in [0.4, 0.5) is 0 Å².